The zero-order valence-corrected chi connectivity index (χ0v) is 21.0. The number of nitrogens with one attached hydrogen (secondary N) is 2. The van der Waals surface area contributed by atoms with Crippen LogP contribution in [0.3, 0.4) is 0 Å². The second-order valence-electron chi connectivity index (χ2n) is 8.40. The van der Waals surface area contributed by atoms with Crippen molar-refractivity contribution in [1.82, 2.24) is 4.98 Å². The summed E-state index contributed by atoms with van der Waals surface area (Å²) < 4.78 is 0. The first-order chi connectivity index (χ1) is 17.5. The summed E-state index contributed by atoms with van der Waals surface area (Å²) in [6, 6.07) is 23.0. The summed E-state index contributed by atoms with van der Waals surface area (Å²) in [5.74, 6) is 0.144. The van der Waals surface area contributed by atoms with E-state index >= 15 is 0 Å². The van der Waals surface area contributed by atoms with Crippen LogP contribution < -0.4 is 21.3 Å². The molecule has 4 N–H and O–H groups in total. The first-order valence-electron chi connectivity index (χ1n) is 11.5. The topological polar surface area (TPSA) is 100 Å². The average molecular weight is 516 g/mol. The van der Waals surface area contributed by atoms with E-state index in [1.165, 1.54) is 16.6 Å². The van der Waals surface area contributed by atoms with Gasteiger partial charge in [-0.1, -0.05) is 42.1 Å². The number of fused-ring (bicyclic) bond motifs is 1. The van der Waals surface area contributed by atoms with Crippen LogP contribution in [-0.2, 0) is 22.6 Å². The van der Waals surface area contributed by atoms with E-state index in [-0.39, 0.29) is 23.6 Å². The molecule has 3 heterocycles. The molecular weight excluding hydrogens is 490 g/mol. The van der Waals surface area contributed by atoms with E-state index in [1.807, 2.05) is 60.0 Å². The maximum atomic E-state index is 13.0. The predicted octanol–water partition coefficient (Wildman–Crippen LogP) is 5.03. The Balaban J connectivity index is 1.26. The molecule has 0 bridgehead atoms. The third kappa shape index (κ3) is 5.69. The van der Waals surface area contributed by atoms with E-state index < -0.39 is 0 Å². The van der Waals surface area contributed by atoms with Crippen molar-refractivity contribution in [2.24, 2.45) is 0 Å². The first kappa shape index (κ1) is 23.9. The lowest BCUT2D eigenvalue weighted by atomic mass is 10.0. The molecule has 1 unspecified atom stereocenters. The standard InChI is InChI=1S/C27H25N5O2S2/c28-19-9-12-26(29-15-19)36-17-25(33)30-20-10-7-18(8-11-20)16-32-23-6-2-1-5-22(23)31-27(34)24(32)14-21-4-3-13-35-21/h1-13,15,24H,14,16-17,28H2,(H,30,33)(H,31,34). The molecule has 2 amide bonds. The zero-order valence-electron chi connectivity index (χ0n) is 19.4. The molecule has 7 nitrogen and oxygen atoms in total. The number of amides is 2. The number of benzene rings is 2. The highest BCUT2D eigenvalue weighted by atomic mass is 32.2. The Kier molecular flexibility index (Phi) is 7.20. The lowest BCUT2D eigenvalue weighted by Gasteiger charge is -2.38. The molecule has 2 aromatic heterocycles. The lowest BCUT2D eigenvalue weighted by Crippen LogP contribution is -2.48. The Morgan fingerprint density at radius 1 is 1.08 bits per heavy atom. The third-order valence-corrected chi connectivity index (χ3v) is 7.67. The number of nitrogens with two attached hydrogens (primary N) is 1. The largest absolute Gasteiger partial charge is 0.397 e. The van der Waals surface area contributed by atoms with E-state index in [4.69, 9.17) is 5.73 Å². The summed E-state index contributed by atoms with van der Waals surface area (Å²) in [5.41, 5.74) is 9.84. The smallest absolute Gasteiger partial charge is 0.247 e. The van der Waals surface area contributed by atoms with Gasteiger partial charge < -0.3 is 21.3 Å². The third-order valence-electron chi connectivity index (χ3n) is 5.83. The monoisotopic (exact) mass is 515 g/mol. The number of hydrogen-bond acceptors (Lipinski definition) is 7. The van der Waals surface area contributed by atoms with Gasteiger partial charge in [-0.05, 0) is 53.4 Å². The molecule has 4 aromatic rings. The van der Waals surface area contributed by atoms with Crippen LogP contribution in [0.2, 0.25) is 0 Å². The molecular formula is C27H25N5O2S2. The van der Waals surface area contributed by atoms with Gasteiger partial charge in [0.2, 0.25) is 11.8 Å². The van der Waals surface area contributed by atoms with Gasteiger partial charge in [0, 0.05) is 23.5 Å². The van der Waals surface area contributed by atoms with Gasteiger partial charge in [-0.2, -0.15) is 0 Å². The molecule has 36 heavy (non-hydrogen) atoms. The van der Waals surface area contributed by atoms with Crippen LogP contribution in [0.5, 0.6) is 0 Å². The number of nitrogen functional groups attached to an aromatic ring is 1. The van der Waals surface area contributed by atoms with Crippen LogP contribution in [-0.4, -0.2) is 28.6 Å². The number of carbonyl (C=O) groups excluding carboxylic acids is 2. The summed E-state index contributed by atoms with van der Waals surface area (Å²) in [6.45, 7) is 0.577. The van der Waals surface area contributed by atoms with Crippen molar-refractivity contribution >= 4 is 57.7 Å². The van der Waals surface area contributed by atoms with Crippen molar-refractivity contribution in [1.29, 1.82) is 0 Å². The van der Waals surface area contributed by atoms with Crippen LogP contribution in [0.4, 0.5) is 22.7 Å². The zero-order chi connectivity index (χ0) is 24.9. The van der Waals surface area contributed by atoms with E-state index in [9.17, 15) is 9.59 Å². The van der Waals surface area contributed by atoms with Crippen LogP contribution in [0.15, 0.2) is 89.4 Å². The predicted molar refractivity (Wildman–Crippen MR) is 148 cm³/mol. The minimum Gasteiger partial charge on any atom is -0.397 e. The lowest BCUT2D eigenvalue weighted by molar-refractivity contribution is -0.117. The minimum atomic E-state index is -0.308. The molecule has 1 atom stereocenters. The molecule has 9 heteroatoms. The molecule has 0 saturated carbocycles. The van der Waals surface area contributed by atoms with Gasteiger partial charge in [0.25, 0.3) is 0 Å². The average Bonchev–Trinajstić information content (AvgIpc) is 3.40. The first-order valence-corrected chi connectivity index (χ1v) is 13.3. The molecule has 0 saturated heterocycles. The number of thioether (sulfide) groups is 1. The summed E-state index contributed by atoms with van der Waals surface area (Å²) in [4.78, 5) is 33.0. The normalized spacial score (nSPS) is 14.7. The molecule has 0 spiro atoms. The Labute approximate surface area is 217 Å². The van der Waals surface area contributed by atoms with Gasteiger partial charge in [0.1, 0.15) is 6.04 Å². The number of anilines is 4. The summed E-state index contributed by atoms with van der Waals surface area (Å²) >= 11 is 3.02. The van der Waals surface area contributed by atoms with Gasteiger partial charge in [0.15, 0.2) is 0 Å². The number of rotatable bonds is 8. The molecule has 5 rings (SSSR count). The molecule has 182 valence electrons. The van der Waals surface area contributed by atoms with Crippen molar-refractivity contribution < 1.29 is 9.59 Å². The molecule has 2 aromatic carbocycles. The van der Waals surface area contributed by atoms with Crippen molar-refractivity contribution in [2.45, 2.75) is 24.0 Å². The number of para-hydroxylation sites is 2. The maximum Gasteiger partial charge on any atom is 0.247 e. The highest BCUT2D eigenvalue weighted by molar-refractivity contribution is 7.99. The Bertz CT molecular complexity index is 1340. The highest BCUT2D eigenvalue weighted by Crippen LogP contribution is 2.34. The van der Waals surface area contributed by atoms with Gasteiger partial charge in [0.05, 0.1) is 34.0 Å². The Hall–Kier alpha value is -3.82. The van der Waals surface area contributed by atoms with Crippen molar-refractivity contribution in [3.63, 3.8) is 0 Å². The maximum absolute atomic E-state index is 13.0. The van der Waals surface area contributed by atoms with Crippen molar-refractivity contribution in [3.8, 4) is 0 Å². The molecule has 0 radical (unpaired) electrons. The highest BCUT2D eigenvalue weighted by Gasteiger charge is 2.33. The van der Waals surface area contributed by atoms with Gasteiger partial charge in [-0.25, -0.2) is 4.98 Å². The number of pyridine rings is 1. The number of aromatic nitrogens is 1. The summed E-state index contributed by atoms with van der Waals surface area (Å²) in [5, 5.41) is 8.77. The fraction of sp³-hybridized carbons (Fsp3) is 0.148. The van der Waals surface area contributed by atoms with Gasteiger partial charge >= 0.3 is 0 Å². The van der Waals surface area contributed by atoms with Gasteiger partial charge in [-0.15, -0.1) is 11.3 Å². The number of thiophene rings is 1. The number of carbonyl (C=O) groups is 2. The van der Waals surface area contributed by atoms with Crippen LogP contribution in [0.25, 0.3) is 0 Å². The number of hydrogen-bond donors (Lipinski definition) is 3. The molecule has 0 aliphatic carbocycles. The molecule has 0 fully saturated rings. The summed E-state index contributed by atoms with van der Waals surface area (Å²) in [6.07, 6.45) is 2.22. The van der Waals surface area contributed by atoms with E-state index in [0.717, 1.165) is 27.7 Å². The van der Waals surface area contributed by atoms with E-state index in [2.05, 4.69) is 26.6 Å². The molecule has 1 aliphatic rings. The van der Waals surface area contributed by atoms with Crippen molar-refractivity contribution in [2.75, 3.05) is 27.0 Å². The Morgan fingerprint density at radius 3 is 2.67 bits per heavy atom. The molecule has 1 aliphatic heterocycles. The Morgan fingerprint density at radius 2 is 1.92 bits per heavy atom. The van der Waals surface area contributed by atoms with Crippen LogP contribution in [0.1, 0.15) is 10.4 Å². The second-order valence-corrected chi connectivity index (χ2v) is 10.4. The number of nitrogens with zero attached hydrogens (tertiary/aromatic N) is 2. The fourth-order valence-electron chi connectivity index (χ4n) is 4.08. The summed E-state index contributed by atoms with van der Waals surface area (Å²) in [7, 11) is 0. The minimum absolute atomic E-state index is 0.000856. The van der Waals surface area contributed by atoms with Crippen LogP contribution >= 0.6 is 23.1 Å². The van der Waals surface area contributed by atoms with Crippen molar-refractivity contribution in [3.05, 3.63) is 94.8 Å². The quantitative estimate of drug-likeness (QED) is 0.285. The van der Waals surface area contributed by atoms with E-state index in [0.29, 0.717) is 18.7 Å². The second kappa shape index (κ2) is 10.8. The SMILES string of the molecule is Nc1ccc(SCC(=O)Nc2ccc(CN3c4ccccc4NC(=O)C3Cc3cccs3)cc2)nc1. The van der Waals surface area contributed by atoms with Gasteiger partial charge in [-0.3, -0.25) is 9.59 Å². The van der Waals surface area contributed by atoms with Crippen LogP contribution in [0, 0.1) is 0 Å². The fourth-order valence-corrected chi connectivity index (χ4v) is 5.46. The van der Waals surface area contributed by atoms with E-state index in [1.54, 1.807) is 29.7 Å².